The molecule has 5 heteroatoms. The fraction of sp³-hybridized carbons (Fsp3) is 0.154. The number of nitrogens with zero attached hydrogens (tertiary/aromatic N) is 3. The van der Waals surface area contributed by atoms with Crippen molar-refractivity contribution in [2.75, 3.05) is 0 Å². The average molecular weight is 409 g/mol. The van der Waals surface area contributed by atoms with Crippen LogP contribution < -0.4 is 5.32 Å². The minimum Gasteiger partial charge on any atom is -0.350 e. The van der Waals surface area contributed by atoms with Crippen LogP contribution in [0.15, 0.2) is 85.2 Å². The second-order valence-electron chi connectivity index (χ2n) is 7.89. The molecule has 0 aliphatic carbocycles. The Morgan fingerprint density at radius 3 is 2.45 bits per heavy atom. The lowest BCUT2D eigenvalue weighted by molar-refractivity contribution is -0.121. The summed E-state index contributed by atoms with van der Waals surface area (Å²) in [6.07, 6.45) is 1.88. The van der Waals surface area contributed by atoms with Crippen molar-refractivity contribution in [1.82, 2.24) is 19.4 Å². The molecule has 0 unspecified atom stereocenters. The van der Waals surface area contributed by atoms with E-state index in [9.17, 15) is 4.79 Å². The van der Waals surface area contributed by atoms with Gasteiger partial charge >= 0.3 is 0 Å². The zero-order valence-electron chi connectivity index (χ0n) is 17.5. The highest BCUT2D eigenvalue weighted by Crippen LogP contribution is 2.19. The fourth-order valence-electron chi connectivity index (χ4n) is 4.05. The monoisotopic (exact) mass is 408 g/mol. The number of nitrogens with one attached hydrogen (secondary N) is 1. The maximum Gasteiger partial charge on any atom is 0.240 e. The highest BCUT2D eigenvalue weighted by atomic mass is 16.1. The Morgan fingerprint density at radius 2 is 1.61 bits per heavy atom. The van der Waals surface area contributed by atoms with Crippen molar-refractivity contribution in [2.45, 2.75) is 26.6 Å². The first-order valence-corrected chi connectivity index (χ1v) is 10.5. The van der Waals surface area contributed by atoms with E-state index in [1.54, 1.807) is 0 Å². The number of aryl methyl sites for hydroxylation is 1. The largest absolute Gasteiger partial charge is 0.350 e. The third-order valence-corrected chi connectivity index (χ3v) is 5.71. The Hall–Kier alpha value is -3.86. The molecular formula is C26H24N4O. The normalized spacial score (nSPS) is 11.3. The van der Waals surface area contributed by atoms with Gasteiger partial charge in [-0.2, -0.15) is 0 Å². The highest BCUT2D eigenvalue weighted by molar-refractivity contribution is 5.84. The van der Waals surface area contributed by atoms with Crippen LogP contribution >= 0.6 is 0 Å². The van der Waals surface area contributed by atoms with E-state index >= 15 is 0 Å². The smallest absolute Gasteiger partial charge is 0.240 e. The van der Waals surface area contributed by atoms with E-state index in [1.165, 1.54) is 5.56 Å². The van der Waals surface area contributed by atoms with Crippen LogP contribution in [-0.4, -0.2) is 20.0 Å². The summed E-state index contributed by atoms with van der Waals surface area (Å²) in [5.41, 5.74) is 6.60. The molecule has 0 spiro atoms. The van der Waals surface area contributed by atoms with Crippen LogP contribution in [0.2, 0.25) is 0 Å². The molecule has 5 aromatic rings. The van der Waals surface area contributed by atoms with Gasteiger partial charge in [0.15, 0.2) is 0 Å². The molecule has 0 bridgehead atoms. The van der Waals surface area contributed by atoms with Gasteiger partial charge in [0.05, 0.1) is 17.4 Å². The number of para-hydroxylation sites is 3. The molecule has 0 aliphatic rings. The lowest BCUT2D eigenvalue weighted by Crippen LogP contribution is -2.27. The SMILES string of the molecule is Cc1cc2ccccc2n1CC(=O)NCc1ccc(Cn2cnc3ccccc32)cc1. The summed E-state index contributed by atoms with van der Waals surface area (Å²) in [5, 5.41) is 4.20. The summed E-state index contributed by atoms with van der Waals surface area (Å²) >= 11 is 0. The number of fused-ring (bicyclic) bond motifs is 2. The zero-order chi connectivity index (χ0) is 21.2. The molecule has 1 N–H and O–H groups in total. The Balaban J connectivity index is 1.21. The molecule has 0 saturated carbocycles. The molecular weight excluding hydrogens is 384 g/mol. The Labute approximate surface area is 181 Å². The quantitative estimate of drug-likeness (QED) is 0.444. The van der Waals surface area contributed by atoms with Crippen molar-refractivity contribution >= 4 is 27.8 Å². The van der Waals surface area contributed by atoms with Gasteiger partial charge in [-0.3, -0.25) is 4.79 Å². The summed E-state index contributed by atoms with van der Waals surface area (Å²) in [6.45, 7) is 3.65. The van der Waals surface area contributed by atoms with Crippen LogP contribution in [0, 0.1) is 6.92 Å². The number of benzene rings is 3. The van der Waals surface area contributed by atoms with Crippen LogP contribution in [0.3, 0.4) is 0 Å². The number of carbonyl (C=O) groups excluding carboxylic acids is 1. The standard InChI is InChI=1S/C26H24N4O/c1-19-14-22-6-2-4-8-24(22)30(19)17-26(31)27-15-20-10-12-21(13-11-20)16-29-18-28-23-7-3-5-9-25(23)29/h2-14,18H,15-17H2,1H3,(H,27,31). The van der Waals surface area contributed by atoms with Crippen molar-refractivity contribution < 1.29 is 4.79 Å². The molecule has 5 rings (SSSR count). The molecule has 0 aliphatic heterocycles. The summed E-state index contributed by atoms with van der Waals surface area (Å²) in [5.74, 6) is 0.0124. The second-order valence-corrected chi connectivity index (χ2v) is 7.89. The Bertz CT molecular complexity index is 1360. The van der Waals surface area contributed by atoms with Gasteiger partial charge < -0.3 is 14.5 Å². The molecule has 5 nitrogen and oxygen atoms in total. The van der Waals surface area contributed by atoms with E-state index in [2.05, 4.69) is 68.0 Å². The first kappa shape index (κ1) is 19.1. The molecule has 31 heavy (non-hydrogen) atoms. The predicted octanol–water partition coefficient (Wildman–Crippen LogP) is 4.66. The van der Waals surface area contributed by atoms with Gasteiger partial charge in [0.1, 0.15) is 6.54 Å². The minimum atomic E-state index is 0.0124. The van der Waals surface area contributed by atoms with Gasteiger partial charge in [-0.25, -0.2) is 4.98 Å². The zero-order valence-corrected chi connectivity index (χ0v) is 17.5. The van der Waals surface area contributed by atoms with Crippen LogP contribution in [0.4, 0.5) is 0 Å². The summed E-state index contributed by atoms with van der Waals surface area (Å²) in [7, 11) is 0. The highest BCUT2D eigenvalue weighted by Gasteiger charge is 2.09. The topological polar surface area (TPSA) is 51.9 Å². The van der Waals surface area contributed by atoms with E-state index in [-0.39, 0.29) is 5.91 Å². The Kier molecular flexibility index (Phi) is 5.00. The van der Waals surface area contributed by atoms with E-state index < -0.39 is 0 Å². The predicted molar refractivity (Wildman–Crippen MR) is 124 cm³/mol. The molecule has 0 saturated heterocycles. The third kappa shape index (κ3) is 3.94. The molecule has 0 radical (unpaired) electrons. The van der Waals surface area contributed by atoms with Gasteiger partial charge in [0, 0.05) is 24.3 Å². The molecule has 0 fully saturated rings. The van der Waals surface area contributed by atoms with Crippen molar-refractivity contribution in [2.24, 2.45) is 0 Å². The molecule has 154 valence electrons. The van der Waals surface area contributed by atoms with Gasteiger partial charge in [-0.05, 0) is 47.7 Å². The van der Waals surface area contributed by atoms with Crippen molar-refractivity contribution in [3.63, 3.8) is 0 Å². The first-order valence-electron chi connectivity index (χ1n) is 10.5. The average Bonchev–Trinajstić information content (AvgIpc) is 3.34. The number of imidazole rings is 1. The number of amides is 1. The number of carbonyl (C=O) groups is 1. The van der Waals surface area contributed by atoms with E-state index in [0.29, 0.717) is 13.1 Å². The summed E-state index contributed by atoms with van der Waals surface area (Å²) in [4.78, 5) is 17.0. The van der Waals surface area contributed by atoms with Crippen LogP contribution in [0.1, 0.15) is 16.8 Å². The van der Waals surface area contributed by atoms with Gasteiger partial charge in [0.25, 0.3) is 0 Å². The summed E-state index contributed by atoms with van der Waals surface area (Å²) in [6, 6.07) is 26.8. The molecule has 3 aromatic carbocycles. The maximum atomic E-state index is 12.5. The van der Waals surface area contributed by atoms with Gasteiger partial charge in [-0.1, -0.05) is 54.6 Å². The van der Waals surface area contributed by atoms with E-state index in [0.717, 1.165) is 39.7 Å². The number of hydrogen-bond acceptors (Lipinski definition) is 2. The fourth-order valence-corrected chi connectivity index (χ4v) is 4.05. The van der Waals surface area contributed by atoms with Crippen LogP contribution in [0.25, 0.3) is 21.9 Å². The van der Waals surface area contributed by atoms with Crippen LogP contribution in [0.5, 0.6) is 0 Å². The molecule has 2 heterocycles. The first-order chi connectivity index (χ1) is 15.2. The lowest BCUT2D eigenvalue weighted by Gasteiger charge is -2.10. The number of hydrogen-bond donors (Lipinski definition) is 1. The van der Waals surface area contributed by atoms with Gasteiger partial charge in [-0.15, -0.1) is 0 Å². The van der Waals surface area contributed by atoms with E-state index in [4.69, 9.17) is 0 Å². The van der Waals surface area contributed by atoms with Gasteiger partial charge in [0.2, 0.25) is 5.91 Å². The molecule has 1 amide bonds. The van der Waals surface area contributed by atoms with Crippen molar-refractivity contribution in [3.8, 4) is 0 Å². The third-order valence-electron chi connectivity index (χ3n) is 5.71. The molecule has 0 atom stereocenters. The molecule has 2 aromatic heterocycles. The van der Waals surface area contributed by atoms with Crippen molar-refractivity contribution in [3.05, 3.63) is 102 Å². The number of rotatable bonds is 6. The second kappa shape index (κ2) is 8.11. The van der Waals surface area contributed by atoms with Crippen LogP contribution in [-0.2, 0) is 24.4 Å². The number of aromatic nitrogens is 3. The maximum absolute atomic E-state index is 12.5. The van der Waals surface area contributed by atoms with Crippen molar-refractivity contribution in [1.29, 1.82) is 0 Å². The lowest BCUT2D eigenvalue weighted by atomic mass is 10.1. The van der Waals surface area contributed by atoms with E-state index in [1.807, 2.05) is 43.6 Å². The minimum absolute atomic E-state index is 0.0124. The summed E-state index contributed by atoms with van der Waals surface area (Å²) < 4.78 is 4.21. The Morgan fingerprint density at radius 1 is 0.903 bits per heavy atom.